The van der Waals surface area contributed by atoms with E-state index >= 15 is 0 Å². The van der Waals surface area contributed by atoms with Gasteiger partial charge in [-0.25, -0.2) is 9.69 Å². The summed E-state index contributed by atoms with van der Waals surface area (Å²) in [7, 11) is 0. The molecule has 2 heterocycles. The van der Waals surface area contributed by atoms with Gasteiger partial charge >= 0.3 is 0 Å². The van der Waals surface area contributed by atoms with Gasteiger partial charge in [0.05, 0.1) is 17.9 Å². The van der Waals surface area contributed by atoms with Crippen molar-refractivity contribution in [1.29, 1.82) is 0 Å². The van der Waals surface area contributed by atoms with E-state index in [2.05, 4.69) is 20.6 Å². The Morgan fingerprint density at radius 3 is 2.81 bits per heavy atom. The van der Waals surface area contributed by atoms with Gasteiger partial charge in [0.2, 0.25) is 0 Å². The molecule has 0 fully saturated rings. The molecule has 130 valence electrons. The molecule has 0 N–H and O–H groups in total. The van der Waals surface area contributed by atoms with Gasteiger partial charge in [-0.15, -0.1) is 5.10 Å². The number of rotatable bonds is 5. The highest BCUT2D eigenvalue weighted by Crippen LogP contribution is 2.17. The van der Waals surface area contributed by atoms with Crippen molar-refractivity contribution in [2.75, 3.05) is 13.2 Å². The van der Waals surface area contributed by atoms with Crippen LogP contribution in [-0.2, 0) is 4.79 Å². The fourth-order valence-corrected chi connectivity index (χ4v) is 2.69. The molecule has 1 aliphatic heterocycles. The van der Waals surface area contributed by atoms with Crippen LogP contribution in [0.15, 0.2) is 66.0 Å². The maximum Gasteiger partial charge on any atom is 0.280 e. The fourth-order valence-electron chi connectivity index (χ4n) is 2.69. The lowest BCUT2D eigenvalue weighted by molar-refractivity contribution is -0.132. The van der Waals surface area contributed by atoms with E-state index in [-0.39, 0.29) is 12.5 Å². The summed E-state index contributed by atoms with van der Waals surface area (Å²) in [6, 6.07) is 17.1. The highest BCUT2D eigenvalue weighted by Gasteiger charge is 2.21. The number of carbonyl (C=O) groups is 1. The van der Waals surface area contributed by atoms with E-state index in [1.165, 1.54) is 16.0 Å². The number of aromatic nitrogens is 4. The fraction of sp³-hybridized carbons (Fsp3) is 0.167. The summed E-state index contributed by atoms with van der Waals surface area (Å²) in [5.41, 5.74) is 2.71. The molecule has 8 nitrogen and oxygen atoms in total. The number of ether oxygens (including phenoxy) is 1. The number of tetrazole rings is 1. The van der Waals surface area contributed by atoms with Crippen LogP contribution in [0.5, 0.6) is 5.75 Å². The van der Waals surface area contributed by atoms with Gasteiger partial charge in [0, 0.05) is 12.5 Å². The standard InChI is InChI=1S/C18H16N6O2/c25-18(23-10-9-17(20-23)14-5-2-1-3-6-14)12-26-16-8-4-7-15(11-16)24-13-19-21-22-24/h1-8,11,13H,9-10,12H2. The lowest BCUT2D eigenvalue weighted by Gasteiger charge is -2.12. The highest BCUT2D eigenvalue weighted by atomic mass is 16.5. The van der Waals surface area contributed by atoms with Crippen molar-refractivity contribution in [3.8, 4) is 11.4 Å². The van der Waals surface area contributed by atoms with E-state index in [4.69, 9.17) is 4.74 Å². The van der Waals surface area contributed by atoms with Gasteiger partial charge in [-0.05, 0) is 28.1 Å². The topological polar surface area (TPSA) is 85.5 Å². The van der Waals surface area contributed by atoms with Gasteiger partial charge in [-0.3, -0.25) is 4.79 Å². The van der Waals surface area contributed by atoms with Crippen molar-refractivity contribution in [3.63, 3.8) is 0 Å². The lowest BCUT2D eigenvalue weighted by Crippen LogP contribution is -2.28. The van der Waals surface area contributed by atoms with E-state index in [1.54, 1.807) is 12.1 Å². The Bertz CT molecular complexity index is 924. The number of hydrazone groups is 1. The lowest BCUT2D eigenvalue weighted by atomic mass is 10.1. The minimum absolute atomic E-state index is 0.0787. The first kappa shape index (κ1) is 15.9. The summed E-state index contributed by atoms with van der Waals surface area (Å²) < 4.78 is 7.14. The molecule has 0 spiro atoms. The molecule has 8 heteroatoms. The number of hydrogen-bond donors (Lipinski definition) is 0. The van der Waals surface area contributed by atoms with Crippen molar-refractivity contribution >= 4 is 11.6 Å². The first-order chi connectivity index (χ1) is 12.8. The Morgan fingerprint density at radius 2 is 2.00 bits per heavy atom. The third kappa shape index (κ3) is 3.44. The van der Waals surface area contributed by atoms with Crippen LogP contribution in [0.3, 0.4) is 0 Å². The molecule has 1 aliphatic rings. The zero-order chi connectivity index (χ0) is 17.8. The van der Waals surface area contributed by atoms with Gasteiger partial charge < -0.3 is 4.74 Å². The normalized spacial score (nSPS) is 13.5. The Kier molecular flexibility index (Phi) is 4.38. The quantitative estimate of drug-likeness (QED) is 0.700. The van der Waals surface area contributed by atoms with Gasteiger partial charge in [0.25, 0.3) is 5.91 Å². The summed E-state index contributed by atoms with van der Waals surface area (Å²) in [4.78, 5) is 12.4. The average molecular weight is 348 g/mol. The molecule has 4 rings (SSSR count). The summed E-state index contributed by atoms with van der Waals surface area (Å²) >= 11 is 0. The molecular formula is C18H16N6O2. The number of hydrogen-bond acceptors (Lipinski definition) is 6. The third-order valence-corrected chi connectivity index (χ3v) is 3.99. The summed E-state index contributed by atoms with van der Waals surface area (Å²) in [6.07, 6.45) is 2.23. The van der Waals surface area contributed by atoms with Crippen LogP contribution in [-0.4, -0.2) is 50.0 Å². The van der Waals surface area contributed by atoms with Crippen LogP contribution in [0.4, 0.5) is 0 Å². The Hall–Kier alpha value is -3.55. The van der Waals surface area contributed by atoms with Crippen molar-refractivity contribution < 1.29 is 9.53 Å². The maximum atomic E-state index is 12.4. The molecule has 26 heavy (non-hydrogen) atoms. The van der Waals surface area contributed by atoms with E-state index < -0.39 is 0 Å². The van der Waals surface area contributed by atoms with Gasteiger partial charge in [0.15, 0.2) is 6.61 Å². The molecule has 1 amide bonds. The van der Waals surface area contributed by atoms with Crippen LogP contribution in [0.2, 0.25) is 0 Å². The number of amides is 1. The predicted octanol–water partition coefficient (Wildman–Crippen LogP) is 1.68. The molecule has 0 saturated carbocycles. The van der Waals surface area contributed by atoms with E-state index in [1.807, 2.05) is 42.5 Å². The largest absolute Gasteiger partial charge is 0.484 e. The van der Waals surface area contributed by atoms with Crippen LogP contribution in [0.1, 0.15) is 12.0 Å². The SMILES string of the molecule is O=C(COc1cccc(-n2cnnn2)c1)N1CCC(c2ccccc2)=N1. The average Bonchev–Trinajstić information content (AvgIpc) is 3.39. The molecule has 2 aromatic carbocycles. The van der Waals surface area contributed by atoms with Gasteiger partial charge in [-0.2, -0.15) is 5.10 Å². The number of benzene rings is 2. The molecule has 0 bridgehead atoms. The van der Waals surface area contributed by atoms with Crippen molar-refractivity contribution in [2.24, 2.45) is 5.10 Å². The van der Waals surface area contributed by atoms with Crippen LogP contribution in [0.25, 0.3) is 5.69 Å². The first-order valence-electron chi connectivity index (χ1n) is 8.19. The Morgan fingerprint density at radius 1 is 1.12 bits per heavy atom. The highest BCUT2D eigenvalue weighted by molar-refractivity contribution is 6.02. The summed E-state index contributed by atoms with van der Waals surface area (Å²) in [5.74, 6) is 0.390. The molecule has 1 aromatic heterocycles. The molecule has 0 saturated heterocycles. The maximum absolute atomic E-state index is 12.4. The number of carbonyl (C=O) groups excluding carboxylic acids is 1. The molecule has 0 unspecified atom stereocenters. The molecule has 3 aromatic rings. The molecule has 0 atom stereocenters. The van der Waals surface area contributed by atoms with E-state index in [9.17, 15) is 4.79 Å². The number of nitrogens with zero attached hydrogens (tertiary/aromatic N) is 6. The monoisotopic (exact) mass is 348 g/mol. The van der Waals surface area contributed by atoms with Crippen LogP contribution >= 0.6 is 0 Å². The second-order valence-electron chi connectivity index (χ2n) is 5.72. The van der Waals surface area contributed by atoms with Crippen molar-refractivity contribution in [1.82, 2.24) is 25.2 Å². The van der Waals surface area contributed by atoms with E-state index in [0.29, 0.717) is 12.3 Å². The molecule has 0 aliphatic carbocycles. The second kappa shape index (κ2) is 7.14. The zero-order valence-corrected chi connectivity index (χ0v) is 13.9. The van der Waals surface area contributed by atoms with Gasteiger partial charge in [-0.1, -0.05) is 36.4 Å². The zero-order valence-electron chi connectivity index (χ0n) is 13.9. The second-order valence-corrected chi connectivity index (χ2v) is 5.72. The van der Waals surface area contributed by atoms with Crippen molar-refractivity contribution in [3.05, 3.63) is 66.5 Å². The first-order valence-corrected chi connectivity index (χ1v) is 8.19. The molecular weight excluding hydrogens is 332 g/mol. The summed E-state index contributed by atoms with van der Waals surface area (Å²) in [5, 5.41) is 16.9. The smallest absolute Gasteiger partial charge is 0.280 e. The van der Waals surface area contributed by atoms with E-state index in [0.717, 1.165) is 23.4 Å². The minimum Gasteiger partial charge on any atom is -0.484 e. The Balaban J connectivity index is 1.39. The summed E-state index contributed by atoms with van der Waals surface area (Å²) in [6.45, 7) is 0.488. The predicted molar refractivity (Wildman–Crippen MR) is 94.0 cm³/mol. The van der Waals surface area contributed by atoms with Gasteiger partial charge in [0.1, 0.15) is 12.1 Å². The van der Waals surface area contributed by atoms with Crippen molar-refractivity contribution in [2.45, 2.75) is 6.42 Å². The van der Waals surface area contributed by atoms with Crippen LogP contribution in [0, 0.1) is 0 Å². The minimum atomic E-state index is -0.177. The third-order valence-electron chi connectivity index (χ3n) is 3.99. The van der Waals surface area contributed by atoms with Crippen LogP contribution < -0.4 is 4.74 Å². The molecule has 0 radical (unpaired) electrons. The Labute approximate surface area is 149 Å².